The fraction of sp³-hybridized carbons (Fsp3) is 0.480. The standard InChI is InChI=1S/C25H34N2O4/c1-30-25(29)22-12-15-27(16-13-22)18-23(28)19-31-24-9-7-21(8-10-24)17-26-14-11-20-5-3-2-4-6-20/h2-10,22-23,26,28H,11-19H2,1H3. The molecule has 0 radical (unpaired) electrons. The number of β-amino-alcohol motifs (C(OH)–C–C–N with tert-alkyl or cyclic N) is 1. The summed E-state index contributed by atoms with van der Waals surface area (Å²) in [6.45, 7) is 4.15. The lowest BCUT2D eigenvalue weighted by Gasteiger charge is -2.31. The molecule has 1 aliphatic rings. The van der Waals surface area contributed by atoms with Gasteiger partial charge in [-0.2, -0.15) is 0 Å². The SMILES string of the molecule is COC(=O)C1CCN(CC(O)COc2ccc(CNCCc3ccccc3)cc2)CC1. The Kier molecular flexibility index (Phi) is 9.34. The highest BCUT2D eigenvalue weighted by molar-refractivity contribution is 5.72. The Balaban J connectivity index is 1.30. The van der Waals surface area contributed by atoms with Crippen LogP contribution in [0.3, 0.4) is 0 Å². The summed E-state index contributed by atoms with van der Waals surface area (Å²) in [7, 11) is 1.44. The van der Waals surface area contributed by atoms with Crippen LogP contribution in [-0.2, 0) is 22.5 Å². The molecule has 3 rings (SSSR count). The van der Waals surface area contributed by atoms with E-state index in [1.165, 1.54) is 18.2 Å². The predicted molar refractivity (Wildman–Crippen MR) is 121 cm³/mol. The van der Waals surface area contributed by atoms with Gasteiger partial charge in [-0.05, 0) is 62.2 Å². The number of rotatable bonds is 11. The Bertz CT molecular complexity index is 774. The zero-order valence-electron chi connectivity index (χ0n) is 18.3. The van der Waals surface area contributed by atoms with Crippen molar-refractivity contribution < 1.29 is 19.4 Å². The minimum absolute atomic E-state index is 0.0130. The van der Waals surface area contributed by atoms with Gasteiger partial charge in [0.2, 0.25) is 0 Å². The zero-order chi connectivity index (χ0) is 21.9. The van der Waals surface area contributed by atoms with Gasteiger partial charge < -0.3 is 24.8 Å². The lowest BCUT2D eigenvalue weighted by molar-refractivity contribution is -0.147. The highest BCUT2D eigenvalue weighted by atomic mass is 16.5. The molecule has 0 amide bonds. The summed E-state index contributed by atoms with van der Waals surface area (Å²) in [4.78, 5) is 13.8. The number of aliphatic hydroxyl groups is 1. The molecule has 1 unspecified atom stereocenters. The third-order valence-corrected chi connectivity index (χ3v) is 5.72. The number of nitrogens with zero attached hydrogens (tertiary/aromatic N) is 1. The monoisotopic (exact) mass is 426 g/mol. The summed E-state index contributed by atoms with van der Waals surface area (Å²) < 4.78 is 10.6. The summed E-state index contributed by atoms with van der Waals surface area (Å²) >= 11 is 0. The maximum Gasteiger partial charge on any atom is 0.308 e. The number of methoxy groups -OCH3 is 1. The van der Waals surface area contributed by atoms with Gasteiger partial charge in [-0.25, -0.2) is 0 Å². The second-order valence-electron chi connectivity index (χ2n) is 8.12. The summed E-state index contributed by atoms with van der Waals surface area (Å²) in [5.41, 5.74) is 2.54. The number of hydrogen-bond acceptors (Lipinski definition) is 6. The number of benzene rings is 2. The van der Waals surface area contributed by atoms with E-state index in [4.69, 9.17) is 9.47 Å². The highest BCUT2D eigenvalue weighted by Gasteiger charge is 2.26. The molecule has 1 heterocycles. The molecule has 2 N–H and O–H groups in total. The van der Waals surface area contributed by atoms with Crippen LogP contribution in [0.25, 0.3) is 0 Å². The molecule has 1 fully saturated rings. The number of nitrogens with one attached hydrogen (secondary N) is 1. The number of carbonyl (C=O) groups excluding carboxylic acids is 1. The molecule has 6 nitrogen and oxygen atoms in total. The van der Waals surface area contributed by atoms with Crippen molar-refractivity contribution in [2.45, 2.75) is 31.9 Å². The molecule has 31 heavy (non-hydrogen) atoms. The van der Waals surface area contributed by atoms with Crippen molar-refractivity contribution in [3.8, 4) is 5.75 Å². The van der Waals surface area contributed by atoms with Gasteiger partial charge in [-0.15, -0.1) is 0 Å². The third kappa shape index (κ3) is 7.98. The second-order valence-corrected chi connectivity index (χ2v) is 8.12. The molecule has 0 spiro atoms. The van der Waals surface area contributed by atoms with Gasteiger partial charge in [0.15, 0.2) is 0 Å². The van der Waals surface area contributed by atoms with E-state index in [0.29, 0.717) is 6.54 Å². The number of ether oxygens (including phenoxy) is 2. The van der Waals surface area contributed by atoms with Crippen molar-refractivity contribution in [3.63, 3.8) is 0 Å². The summed E-state index contributed by atoms with van der Waals surface area (Å²) in [6.07, 6.45) is 2.01. The van der Waals surface area contributed by atoms with Crippen molar-refractivity contribution >= 4 is 5.97 Å². The maximum atomic E-state index is 11.6. The van der Waals surface area contributed by atoms with Gasteiger partial charge in [0.05, 0.1) is 13.0 Å². The quantitative estimate of drug-likeness (QED) is 0.425. The number of likely N-dealkylation sites (tertiary alicyclic amines) is 1. The van der Waals surface area contributed by atoms with Crippen LogP contribution in [0.1, 0.15) is 24.0 Å². The van der Waals surface area contributed by atoms with Crippen molar-refractivity contribution in [1.82, 2.24) is 10.2 Å². The molecule has 0 saturated carbocycles. The molecule has 2 aromatic rings. The van der Waals surface area contributed by atoms with E-state index in [1.54, 1.807) is 0 Å². The molecule has 168 valence electrons. The maximum absolute atomic E-state index is 11.6. The average molecular weight is 427 g/mol. The summed E-state index contributed by atoms with van der Waals surface area (Å²) in [5, 5.41) is 13.8. The zero-order valence-corrected chi connectivity index (χ0v) is 18.3. The Hall–Kier alpha value is -2.41. The van der Waals surface area contributed by atoms with Gasteiger partial charge in [0.25, 0.3) is 0 Å². The number of piperidine rings is 1. The summed E-state index contributed by atoms with van der Waals surface area (Å²) in [6, 6.07) is 18.5. The van der Waals surface area contributed by atoms with Crippen LogP contribution >= 0.6 is 0 Å². The van der Waals surface area contributed by atoms with E-state index < -0.39 is 6.10 Å². The van der Waals surface area contributed by atoms with Gasteiger partial charge in [0.1, 0.15) is 18.5 Å². The van der Waals surface area contributed by atoms with Crippen LogP contribution in [0.2, 0.25) is 0 Å². The van der Waals surface area contributed by atoms with E-state index in [2.05, 4.69) is 46.6 Å². The van der Waals surface area contributed by atoms with Gasteiger partial charge in [-0.3, -0.25) is 4.79 Å². The molecular formula is C25H34N2O4. The molecule has 0 aromatic heterocycles. The van der Waals surface area contributed by atoms with Gasteiger partial charge >= 0.3 is 5.97 Å². The van der Waals surface area contributed by atoms with Gasteiger partial charge in [0, 0.05) is 13.1 Å². The smallest absolute Gasteiger partial charge is 0.308 e. The second kappa shape index (κ2) is 12.4. The minimum Gasteiger partial charge on any atom is -0.491 e. The molecule has 1 aliphatic heterocycles. The molecule has 0 bridgehead atoms. The highest BCUT2D eigenvalue weighted by Crippen LogP contribution is 2.19. The average Bonchev–Trinajstić information content (AvgIpc) is 2.82. The largest absolute Gasteiger partial charge is 0.491 e. The van der Waals surface area contributed by atoms with E-state index in [-0.39, 0.29) is 18.5 Å². The molecule has 6 heteroatoms. The van der Waals surface area contributed by atoms with Crippen LogP contribution in [0.4, 0.5) is 0 Å². The van der Waals surface area contributed by atoms with Crippen LogP contribution in [0.15, 0.2) is 54.6 Å². The Morgan fingerprint density at radius 2 is 1.81 bits per heavy atom. The number of esters is 1. The fourth-order valence-electron chi connectivity index (χ4n) is 3.87. The van der Waals surface area contributed by atoms with E-state index in [1.807, 2.05) is 18.2 Å². The van der Waals surface area contributed by atoms with Crippen molar-refractivity contribution in [2.24, 2.45) is 5.92 Å². The lowest BCUT2D eigenvalue weighted by atomic mass is 9.97. The molecule has 0 aliphatic carbocycles. The first-order valence-corrected chi connectivity index (χ1v) is 11.1. The van der Waals surface area contributed by atoms with Crippen LogP contribution < -0.4 is 10.1 Å². The van der Waals surface area contributed by atoms with E-state index >= 15 is 0 Å². The van der Waals surface area contributed by atoms with Crippen molar-refractivity contribution in [1.29, 1.82) is 0 Å². The van der Waals surface area contributed by atoms with Crippen LogP contribution in [0.5, 0.6) is 5.75 Å². The number of carbonyl (C=O) groups is 1. The number of aliphatic hydroxyl groups excluding tert-OH is 1. The summed E-state index contributed by atoms with van der Waals surface area (Å²) in [5.74, 6) is 0.621. The van der Waals surface area contributed by atoms with Crippen LogP contribution in [-0.4, -0.2) is 62.0 Å². The van der Waals surface area contributed by atoms with Crippen molar-refractivity contribution in [2.75, 3.05) is 39.9 Å². The Morgan fingerprint density at radius 3 is 2.48 bits per heavy atom. The fourth-order valence-corrected chi connectivity index (χ4v) is 3.87. The molecule has 1 atom stereocenters. The molecular weight excluding hydrogens is 392 g/mol. The number of hydrogen-bond donors (Lipinski definition) is 2. The third-order valence-electron chi connectivity index (χ3n) is 5.72. The van der Waals surface area contributed by atoms with Crippen LogP contribution in [0, 0.1) is 5.92 Å². The van der Waals surface area contributed by atoms with E-state index in [9.17, 15) is 9.90 Å². The Labute approximate surface area is 185 Å². The minimum atomic E-state index is -0.561. The lowest BCUT2D eigenvalue weighted by Crippen LogP contribution is -2.42. The predicted octanol–water partition coefficient (Wildman–Crippen LogP) is 2.64. The normalized spacial score (nSPS) is 16.1. The first-order valence-electron chi connectivity index (χ1n) is 11.1. The van der Waals surface area contributed by atoms with Gasteiger partial charge in [-0.1, -0.05) is 42.5 Å². The first kappa shape index (κ1) is 23.3. The van der Waals surface area contributed by atoms with E-state index in [0.717, 1.165) is 51.2 Å². The first-order chi connectivity index (χ1) is 15.1. The molecule has 2 aromatic carbocycles. The molecule has 1 saturated heterocycles. The Morgan fingerprint density at radius 1 is 1.10 bits per heavy atom. The van der Waals surface area contributed by atoms with Crippen molar-refractivity contribution in [3.05, 3.63) is 65.7 Å². The topological polar surface area (TPSA) is 71.0 Å².